The molecule has 0 aromatic heterocycles. The first kappa shape index (κ1) is 12.8. The lowest BCUT2D eigenvalue weighted by Crippen LogP contribution is -2.22. The molecule has 0 saturated heterocycles. The molecule has 0 radical (unpaired) electrons. The summed E-state index contributed by atoms with van der Waals surface area (Å²) in [5, 5.41) is 4.82. The van der Waals surface area contributed by atoms with E-state index in [2.05, 4.69) is 10.6 Å². The van der Waals surface area contributed by atoms with Crippen LogP contribution in [0.2, 0.25) is 0 Å². The number of anilines is 1. The van der Waals surface area contributed by atoms with Gasteiger partial charge >= 0.3 is 12.2 Å². The fourth-order valence-electron chi connectivity index (χ4n) is 1.08. The van der Waals surface area contributed by atoms with Crippen LogP contribution in [0, 0.1) is 0 Å². The zero-order valence-electron chi connectivity index (χ0n) is 9.65. The van der Waals surface area contributed by atoms with Crippen molar-refractivity contribution in [1.29, 1.82) is 0 Å². The summed E-state index contributed by atoms with van der Waals surface area (Å²) >= 11 is 0. The van der Waals surface area contributed by atoms with E-state index in [9.17, 15) is 9.59 Å². The molecule has 92 valence electrons. The van der Waals surface area contributed by atoms with Crippen LogP contribution >= 0.6 is 0 Å². The Labute approximate surface area is 98.9 Å². The largest absolute Gasteiger partial charge is 0.450 e. The molecule has 6 nitrogen and oxygen atoms in total. The molecule has 0 fully saturated rings. The summed E-state index contributed by atoms with van der Waals surface area (Å²) in [6.45, 7) is 2.00. The maximum atomic E-state index is 11.1. The molecule has 0 heterocycles. The maximum Gasteiger partial charge on any atom is 0.412 e. The first-order valence-electron chi connectivity index (χ1n) is 5.09. The summed E-state index contributed by atoms with van der Waals surface area (Å²) in [5.74, 6) is 0.332. The molecule has 0 aliphatic heterocycles. The summed E-state index contributed by atoms with van der Waals surface area (Å²) in [6, 6.07) is 6.44. The van der Waals surface area contributed by atoms with Gasteiger partial charge < -0.3 is 14.8 Å². The number of nitrogens with one attached hydrogen (secondary N) is 2. The lowest BCUT2D eigenvalue weighted by molar-refractivity contribution is 0.168. The van der Waals surface area contributed by atoms with Crippen LogP contribution in [0.5, 0.6) is 5.75 Å². The van der Waals surface area contributed by atoms with Crippen molar-refractivity contribution < 1.29 is 19.1 Å². The lowest BCUT2D eigenvalue weighted by atomic mass is 10.3. The molecule has 0 spiro atoms. The van der Waals surface area contributed by atoms with Crippen LogP contribution in [-0.2, 0) is 4.74 Å². The van der Waals surface area contributed by atoms with Gasteiger partial charge in [0.05, 0.1) is 6.61 Å². The predicted octanol–water partition coefficient (Wildman–Crippen LogP) is 1.97. The molecule has 0 unspecified atom stereocenters. The van der Waals surface area contributed by atoms with Crippen molar-refractivity contribution in [1.82, 2.24) is 5.32 Å². The van der Waals surface area contributed by atoms with Gasteiger partial charge in [0.1, 0.15) is 5.75 Å². The number of amides is 2. The number of hydrogen-bond donors (Lipinski definition) is 2. The number of hydrogen-bond acceptors (Lipinski definition) is 4. The molecule has 6 heteroatoms. The molecule has 1 aromatic rings. The SMILES string of the molecule is CCOC(=O)Nc1cccc(OC(=O)NC)c1. The third kappa shape index (κ3) is 4.42. The highest BCUT2D eigenvalue weighted by molar-refractivity contribution is 5.85. The third-order valence-corrected chi connectivity index (χ3v) is 1.77. The highest BCUT2D eigenvalue weighted by Crippen LogP contribution is 2.17. The van der Waals surface area contributed by atoms with Crippen LogP contribution in [0.1, 0.15) is 6.92 Å². The Balaban J connectivity index is 2.65. The third-order valence-electron chi connectivity index (χ3n) is 1.77. The van der Waals surface area contributed by atoms with Crippen molar-refractivity contribution in [2.24, 2.45) is 0 Å². The van der Waals surface area contributed by atoms with Crippen LogP contribution in [0.25, 0.3) is 0 Å². The van der Waals surface area contributed by atoms with E-state index < -0.39 is 12.2 Å². The van der Waals surface area contributed by atoms with Gasteiger partial charge in [-0.05, 0) is 19.1 Å². The van der Waals surface area contributed by atoms with Gasteiger partial charge in [0, 0.05) is 18.8 Å². The zero-order chi connectivity index (χ0) is 12.7. The second-order valence-electron chi connectivity index (χ2n) is 3.01. The molecule has 1 rings (SSSR count). The van der Waals surface area contributed by atoms with Crippen molar-refractivity contribution >= 4 is 17.9 Å². The average Bonchev–Trinajstić information content (AvgIpc) is 2.29. The number of rotatable bonds is 3. The summed E-state index contributed by atoms with van der Waals surface area (Å²) in [7, 11) is 1.46. The van der Waals surface area contributed by atoms with Crippen molar-refractivity contribution in [2.45, 2.75) is 6.92 Å². The van der Waals surface area contributed by atoms with E-state index in [1.54, 1.807) is 25.1 Å². The number of ether oxygens (including phenoxy) is 2. The van der Waals surface area contributed by atoms with Gasteiger partial charge in [0.25, 0.3) is 0 Å². The van der Waals surface area contributed by atoms with Gasteiger partial charge in [0.2, 0.25) is 0 Å². The van der Waals surface area contributed by atoms with Crippen LogP contribution in [0.15, 0.2) is 24.3 Å². The summed E-state index contributed by atoms with van der Waals surface area (Å²) < 4.78 is 9.62. The summed E-state index contributed by atoms with van der Waals surface area (Å²) in [5.41, 5.74) is 0.491. The highest BCUT2D eigenvalue weighted by atomic mass is 16.6. The molecule has 0 saturated carbocycles. The first-order chi connectivity index (χ1) is 8.15. The van der Waals surface area contributed by atoms with Gasteiger partial charge in [-0.1, -0.05) is 6.07 Å². The molecule has 2 amide bonds. The molecular weight excluding hydrogens is 224 g/mol. The molecular formula is C11H14N2O4. The topological polar surface area (TPSA) is 76.7 Å². The standard InChI is InChI=1S/C11H14N2O4/c1-3-16-11(15)13-8-5-4-6-9(7-8)17-10(14)12-2/h4-7H,3H2,1-2H3,(H,12,14)(H,13,15). The van der Waals surface area contributed by atoms with E-state index in [1.165, 1.54) is 13.1 Å². The van der Waals surface area contributed by atoms with Crippen LogP contribution < -0.4 is 15.4 Å². The highest BCUT2D eigenvalue weighted by Gasteiger charge is 2.05. The van der Waals surface area contributed by atoms with Crippen molar-refractivity contribution in [3.63, 3.8) is 0 Å². The lowest BCUT2D eigenvalue weighted by Gasteiger charge is -2.07. The van der Waals surface area contributed by atoms with E-state index in [-0.39, 0.29) is 0 Å². The Hall–Kier alpha value is -2.24. The van der Waals surface area contributed by atoms with Crippen LogP contribution in [-0.4, -0.2) is 25.8 Å². The van der Waals surface area contributed by atoms with Gasteiger partial charge in [-0.3, -0.25) is 5.32 Å². The normalized spacial score (nSPS) is 9.29. The van der Waals surface area contributed by atoms with Crippen molar-refractivity contribution in [2.75, 3.05) is 19.0 Å². The fourth-order valence-corrected chi connectivity index (χ4v) is 1.08. The van der Waals surface area contributed by atoms with E-state index in [1.807, 2.05) is 0 Å². The monoisotopic (exact) mass is 238 g/mol. The minimum Gasteiger partial charge on any atom is -0.450 e. The van der Waals surface area contributed by atoms with Crippen molar-refractivity contribution in [3.8, 4) is 5.75 Å². The summed E-state index contributed by atoms with van der Waals surface area (Å²) in [6.07, 6.45) is -1.12. The van der Waals surface area contributed by atoms with Crippen LogP contribution in [0.4, 0.5) is 15.3 Å². The Bertz CT molecular complexity index is 406. The Morgan fingerprint density at radius 3 is 2.71 bits per heavy atom. The van der Waals surface area contributed by atoms with E-state index >= 15 is 0 Å². The Kier molecular flexibility index (Phi) is 4.80. The molecule has 0 atom stereocenters. The number of benzene rings is 1. The van der Waals surface area contributed by atoms with Gasteiger partial charge in [-0.15, -0.1) is 0 Å². The quantitative estimate of drug-likeness (QED) is 0.844. The Morgan fingerprint density at radius 1 is 1.29 bits per heavy atom. The number of carbonyl (C=O) groups is 2. The van der Waals surface area contributed by atoms with Crippen LogP contribution in [0.3, 0.4) is 0 Å². The molecule has 0 aliphatic carbocycles. The van der Waals surface area contributed by atoms with Gasteiger partial charge in [-0.25, -0.2) is 9.59 Å². The molecule has 2 N–H and O–H groups in total. The maximum absolute atomic E-state index is 11.1. The van der Waals surface area contributed by atoms with E-state index in [0.29, 0.717) is 18.0 Å². The number of carbonyl (C=O) groups excluding carboxylic acids is 2. The second-order valence-corrected chi connectivity index (χ2v) is 3.01. The smallest absolute Gasteiger partial charge is 0.412 e. The zero-order valence-corrected chi connectivity index (χ0v) is 9.65. The van der Waals surface area contributed by atoms with Gasteiger partial charge in [0.15, 0.2) is 0 Å². The molecule has 0 bridgehead atoms. The van der Waals surface area contributed by atoms with Crippen molar-refractivity contribution in [3.05, 3.63) is 24.3 Å². The fraction of sp³-hybridized carbons (Fsp3) is 0.273. The first-order valence-corrected chi connectivity index (χ1v) is 5.09. The van der Waals surface area contributed by atoms with E-state index in [0.717, 1.165) is 0 Å². The molecule has 1 aromatic carbocycles. The molecule has 17 heavy (non-hydrogen) atoms. The minimum absolute atomic E-state index is 0.292. The average molecular weight is 238 g/mol. The predicted molar refractivity (Wildman–Crippen MR) is 62.2 cm³/mol. The van der Waals surface area contributed by atoms with E-state index in [4.69, 9.17) is 9.47 Å². The second kappa shape index (κ2) is 6.37. The van der Waals surface area contributed by atoms with Gasteiger partial charge in [-0.2, -0.15) is 0 Å². The minimum atomic E-state index is -0.571. The summed E-state index contributed by atoms with van der Waals surface area (Å²) in [4.78, 5) is 22.1. The Morgan fingerprint density at radius 2 is 2.06 bits per heavy atom. The molecule has 0 aliphatic rings.